The minimum absolute atomic E-state index is 0. The first-order chi connectivity index (χ1) is 11.2. The lowest BCUT2D eigenvalue weighted by atomic mass is 10.2. The van der Waals surface area contributed by atoms with Crippen LogP contribution >= 0.6 is 12.4 Å². The van der Waals surface area contributed by atoms with E-state index in [1.807, 2.05) is 14.0 Å². The summed E-state index contributed by atoms with van der Waals surface area (Å²) in [6, 6.07) is -0.441. The number of hydrogen-bond acceptors (Lipinski definition) is 7. The molecule has 0 aliphatic carbocycles. The highest BCUT2D eigenvalue weighted by molar-refractivity contribution is 7.89. The Balaban J connectivity index is 0.00000312. The second-order valence-corrected chi connectivity index (χ2v) is 7.56. The molecule has 0 aliphatic rings. The van der Waals surface area contributed by atoms with E-state index in [2.05, 4.69) is 25.3 Å². The van der Waals surface area contributed by atoms with Crippen molar-refractivity contribution in [3.8, 4) is 0 Å². The van der Waals surface area contributed by atoms with Gasteiger partial charge in [-0.1, -0.05) is 5.16 Å². The lowest BCUT2D eigenvalue weighted by molar-refractivity contribution is 0.348. The number of nitrogens with one attached hydrogen (secondary N) is 2. The quantitative estimate of drug-likeness (QED) is 0.723. The molecule has 0 saturated carbocycles. The highest BCUT2D eigenvalue weighted by Gasteiger charge is 2.27. The maximum absolute atomic E-state index is 12.6. The Morgan fingerprint density at radius 1 is 1.28 bits per heavy atom. The maximum Gasteiger partial charge on any atom is 0.244 e. The predicted molar refractivity (Wildman–Crippen MR) is 95.2 cm³/mol. The molecule has 9 nitrogen and oxygen atoms in total. The average molecular weight is 393 g/mol. The molecule has 2 unspecified atom stereocenters. The van der Waals surface area contributed by atoms with Crippen LogP contribution in [0.3, 0.4) is 0 Å². The molecule has 11 heteroatoms. The molecule has 2 atom stereocenters. The molecule has 0 fully saturated rings. The third-order valence-electron chi connectivity index (χ3n) is 3.88. The second kappa shape index (κ2) is 8.26. The Hall–Kier alpha value is -1.49. The summed E-state index contributed by atoms with van der Waals surface area (Å²) in [7, 11) is -0.186. The molecule has 0 radical (unpaired) electrons. The average Bonchev–Trinajstić information content (AvgIpc) is 3.04. The number of hydrogen-bond donors (Lipinski definition) is 2. The van der Waals surface area contributed by atoms with Crippen molar-refractivity contribution in [3.05, 3.63) is 23.1 Å². The standard InChI is InChI=1S/C14H24N6O3S.ClH/c1-8(15-5)7-12-16-14(23-18-12)10(3)19-24(21,22)13-9(2)17-20(6)11(13)4;/h8,10,15,19H,7H2,1-6H3;1H. The third kappa shape index (κ3) is 4.78. The second-order valence-electron chi connectivity index (χ2n) is 5.91. The summed E-state index contributed by atoms with van der Waals surface area (Å²) in [6.07, 6.45) is 0.598. The van der Waals surface area contributed by atoms with Crippen molar-refractivity contribution in [1.82, 2.24) is 30.0 Å². The van der Waals surface area contributed by atoms with E-state index in [9.17, 15) is 8.42 Å². The molecular formula is C14H25ClN6O3S. The third-order valence-corrected chi connectivity index (χ3v) is 5.67. The first-order valence-corrected chi connectivity index (χ1v) is 9.16. The van der Waals surface area contributed by atoms with E-state index in [1.54, 1.807) is 32.5 Å². The van der Waals surface area contributed by atoms with Gasteiger partial charge in [0.2, 0.25) is 15.9 Å². The topological polar surface area (TPSA) is 115 Å². The zero-order chi connectivity index (χ0) is 18.1. The summed E-state index contributed by atoms with van der Waals surface area (Å²) in [5.41, 5.74) is 1.02. The van der Waals surface area contributed by atoms with Crippen LogP contribution in [0.4, 0.5) is 0 Å². The van der Waals surface area contributed by atoms with E-state index >= 15 is 0 Å². The van der Waals surface area contributed by atoms with Crippen LogP contribution in [-0.4, -0.2) is 41.4 Å². The van der Waals surface area contributed by atoms with Gasteiger partial charge in [-0.15, -0.1) is 12.4 Å². The predicted octanol–water partition coefficient (Wildman–Crippen LogP) is 1.03. The number of halogens is 1. The van der Waals surface area contributed by atoms with Crippen molar-refractivity contribution in [2.45, 2.75) is 51.1 Å². The molecule has 2 heterocycles. The van der Waals surface area contributed by atoms with Gasteiger partial charge in [0.05, 0.1) is 17.4 Å². The van der Waals surface area contributed by atoms with Crippen molar-refractivity contribution in [3.63, 3.8) is 0 Å². The first-order valence-electron chi connectivity index (χ1n) is 7.68. The van der Waals surface area contributed by atoms with Gasteiger partial charge in [-0.3, -0.25) is 4.68 Å². The zero-order valence-electron chi connectivity index (χ0n) is 15.2. The number of sulfonamides is 1. The Kier molecular flexibility index (Phi) is 7.12. The van der Waals surface area contributed by atoms with Crippen LogP contribution in [-0.2, 0) is 23.5 Å². The molecule has 2 rings (SSSR count). The van der Waals surface area contributed by atoms with E-state index in [-0.39, 0.29) is 29.2 Å². The molecule has 2 N–H and O–H groups in total. The van der Waals surface area contributed by atoms with Gasteiger partial charge in [0.25, 0.3) is 0 Å². The Labute approximate surface area is 154 Å². The van der Waals surface area contributed by atoms with Gasteiger partial charge in [-0.25, -0.2) is 8.42 Å². The van der Waals surface area contributed by atoms with Crippen molar-refractivity contribution < 1.29 is 12.9 Å². The van der Waals surface area contributed by atoms with Gasteiger partial charge in [0.1, 0.15) is 4.90 Å². The minimum atomic E-state index is -3.74. The maximum atomic E-state index is 12.6. The van der Waals surface area contributed by atoms with Gasteiger partial charge in [0.15, 0.2) is 5.82 Å². The fourth-order valence-corrected chi connectivity index (χ4v) is 4.02. The van der Waals surface area contributed by atoms with Gasteiger partial charge in [-0.2, -0.15) is 14.8 Å². The summed E-state index contributed by atoms with van der Waals surface area (Å²) in [6.45, 7) is 7.03. The molecule has 142 valence electrons. The summed E-state index contributed by atoms with van der Waals surface area (Å²) in [4.78, 5) is 4.44. The van der Waals surface area contributed by atoms with E-state index in [4.69, 9.17) is 4.52 Å². The van der Waals surface area contributed by atoms with Gasteiger partial charge in [0, 0.05) is 19.5 Å². The van der Waals surface area contributed by atoms with Crippen LogP contribution in [0.15, 0.2) is 9.42 Å². The normalized spacial score (nSPS) is 14.2. The minimum Gasteiger partial charge on any atom is -0.338 e. The SMILES string of the molecule is CNC(C)Cc1noc(C(C)NS(=O)(=O)c2c(C)nn(C)c2C)n1.Cl. The van der Waals surface area contributed by atoms with Gasteiger partial charge >= 0.3 is 0 Å². The number of aromatic nitrogens is 4. The van der Waals surface area contributed by atoms with Crippen LogP contribution in [0.25, 0.3) is 0 Å². The largest absolute Gasteiger partial charge is 0.338 e. The van der Waals surface area contributed by atoms with Crippen LogP contribution in [0.1, 0.15) is 43.0 Å². The van der Waals surface area contributed by atoms with Crippen molar-refractivity contribution in [1.29, 1.82) is 0 Å². The van der Waals surface area contributed by atoms with Crippen molar-refractivity contribution in [2.24, 2.45) is 7.05 Å². The molecule has 0 bridgehead atoms. The molecule has 0 amide bonds. The highest BCUT2D eigenvalue weighted by atomic mass is 35.5. The molecular weight excluding hydrogens is 368 g/mol. The number of nitrogens with zero attached hydrogens (tertiary/aromatic N) is 4. The van der Waals surface area contributed by atoms with E-state index in [1.165, 1.54) is 0 Å². The Bertz CT molecular complexity index is 817. The van der Waals surface area contributed by atoms with Crippen LogP contribution in [0, 0.1) is 13.8 Å². The summed E-state index contributed by atoms with van der Waals surface area (Å²) >= 11 is 0. The van der Waals surface area contributed by atoms with E-state index < -0.39 is 16.1 Å². The lowest BCUT2D eigenvalue weighted by Gasteiger charge is -2.11. The Morgan fingerprint density at radius 3 is 2.44 bits per heavy atom. The summed E-state index contributed by atoms with van der Waals surface area (Å²) < 4.78 is 34.6. The monoisotopic (exact) mass is 392 g/mol. The zero-order valence-corrected chi connectivity index (χ0v) is 16.8. The van der Waals surface area contributed by atoms with Gasteiger partial charge < -0.3 is 9.84 Å². The fraction of sp³-hybridized carbons (Fsp3) is 0.643. The number of aryl methyl sites for hydroxylation is 2. The van der Waals surface area contributed by atoms with E-state index in [0.717, 1.165) is 0 Å². The first kappa shape index (κ1) is 21.6. The summed E-state index contributed by atoms with van der Waals surface area (Å²) in [5.74, 6) is 0.766. The lowest BCUT2D eigenvalue weighted by Crippen LogP contribution is -2.28. The number of likely N-dealkylation sites (N-methyl/N-ethyl adjacent to an activating group) is 1. The fourth-order valence-electron chi connectivity index (χ4n) is 2.39. The molecule has 0 aliphatic heterocycles. The van der Waals surface area contributed by atoms with Crippen LogP contribution < -0.4 is 10.0 Å². The van der Waals surface area contributed by atoms with Crippen molar-refractivity contribution in [2.75, 3.05) is 7.05 Å². The van der Waals surface area contributed by atoms with Gasteiger partial charge in [-0.05, 0) is 34.7 Å². The smallest absolute Gasteiger partial charge is 0.244 e. The molecule has 25 heavy (non-hydrogen) atoms. The molecule has 0 aromatic carbocycles. The molecule has 0 saturated heterocycles. The molecule has 0 spiro atoms. The van der Waals surface area contributed by atoms with Crippen LogP contribution in [0.5, 0.6) is 0 Å². The molecule has 2 aromatic rings. The summed E-state index contributed by atoms with van der Waals surface area (Å²) in [5, 5.41) is 11.1. The number of rotatable bonds is 7. The van der Waals surface area contributed by atoms with Crippen molar-refractivity contribution >= 4 is 22.4 Å². The highest BCUT2D eigenvalue weighted by Crippen LogP contribution is 2.21. The van der Waals surface area contributed by atoms with Crippen LogP contribution in [0.2, 0.25) is 0 Å². The Morgan fingerprint density at radius 2 is 1.92 bits per heavy atom. The molecule has 2 aromatic heterocycles. The van der Waals surface area contributed by atoms with E-state index in [0.29, 0.717) is 23.6 Å².